The van der Waals surface area contributed by atoms with Gasteiger partial charge in [-0.25, -0.2) is 9.97 Å². The lowest BCUT2D eigenvalue weighted by atomic mass is 10.2. The van der Waals surface area contributed by atoms with Crippen LogP contribution in [0.15, 0.2) is 42.6 Å². The number of anilines is 3. The number of carbonyl (C=O) groups excluding carboxylic acids is 1. The van der Waals surface area contributed by atoms with Crippen LogP contribution in [0.4, 0.5) is 16.6 Å². The molecule has 3 aromatic rings. The van der Waals surface area contributed by atoms with Gasteiger partial charge in [0.15, 0.2) is 0 Å². The summed E-state index contributed by atoms with van der Waals surface area (Å²) in [5, 5.41) is 7.38. The van der Waals surface area contributed by atoms with Crippen LogP contribution in [0.2, 0.25) is 0 Å². The molecule has 0 saturated carbocycles. The van der Waals surface area contributed by atoms with E-state index in [0.29, 0.717) is 16.4 Å². The van der Waals surface area contributed by atoms with E-state index in [1.807, 2.05) is 36.5 Å². The molecule has 1 amide bonds. The van der Waals surface area contributed by atoms with Crippen LogP contribution in [-0.2, 0) is 11.3 Å². The molecular weight excluding hydrogens is 450 g/mol. The zero-order chi connectivity index (χ0) is 23.3. The fraction of sp³-hybridized carbons (Fsp3) is 0.375. The van der Waals surface area contributed by atoms with Gasteiger partial charge in [0.05, 0.1) is 24.5 Å². The van der Waals surface area contributed by atoms with Gasteiger partial charge in [-0.2, -0.15) is 0 Å². The first kappa shape index (κ1) is 22.7. The third-order valence-electron chi connectivity index (χ3n) is 6.01. The fourth-order valence-electron chi connectivity index (χ4n) is 4.19. The van der Waals surface area contributed by atoms with E-state index in [1.54, 1.807) is 0 Å². The molecule has 0 aliphatic carbocycles. The Morgan fingerprint density at radius 3 is 2.76 bits per heavy atom. The average Bonchev–Trinajstić information content (AvgIpc) is 3.30. The number of nitrogens with one attached hydrogen (secondary N) is 2. The summed E-state index contributed by atoms with van der Waals surface area (Å²) in [5.74, 6) is 1.17. The molecule has 0 aromatic carbocycles. The summed E-state index contributed by atoms with van der Waals surface area (Å²) in [5.41, 5.74) is 8.16. The van der Waals surface area contributed by atoms with Crippen LogP contribution in [0.1, 0.15) is 16.1 Å². The number of carbonyl (C=O) groups is 1. The van der Waals surface area contributed by atoms with Gasteiger partial charge in [0.1, 0.15) is 16.6 Å². The van der Waals surface area contributed by atoms with Crippen molar-refractivity contribution in [1.82, 2.24) is 20.2 Å². The van der Waals surface area contributed by atoms with Crippen molar-refractivity contribution in [2.75, 3.05) is 62.7 Å². The van der Waals surface area contributed by atoms with Gasteiger partial charge in [0.2, 0.25) is 0 Å². The van der Waals surface area contributed by atoms with Gasteiger partial charge in [-0.1, -0.05) is 6.07 Å². The van der Waals surface area contributed by atoms with Gasteiger partial charge in [0, 0.05) is 56.9 Å². The second-order valence-electron chi connectivity index (χ2n) is 8.39. The minimum Gasteiger partial charge on any atom is -0.379 e. The van der Waals surface area contributed by atoms with E-state index in [1.165, 1.54) is 11.3 Å². The zero-order valence-corrected chi connectivity index (χ0v) is 19.8. The highest BCUT2D eigenvalue weighted by Gasteiger charge is 2.18. The highest BCUT2D eigenvalue weighted by Crippen LogP contribution is 2.37. The minimum atomic E-state index is -0.467. The number of nitrogens with two attached hydrogens (primary N) is 1. The molecule has 0 bridgehead atoms. The van der Waals surface area contributed by atoms with E-state index in [-0.39, 0.29) is 0 Å². The number of primary amides is 1. The van der Waals surface area contributed by atoms with Crippen molar-refractivity contribution >= 4 is 33.9 Å². The molecule has 0 atom stereocenters. The number of amides is 1. The number of aromatic nitrogens is 2. The highest BCUT2D eigenvalue weighted by atomic mass is 32.1. The largest absolute Gasteiger partial charge is 0.379 e. The van der Waals surface area contributed by atoms with E-state index in [9.17, 15) is 4.79 Å². The van der Waals surface area contributed by atoms with Crippen molar-refractivity contribution < 1.29 is 9.53 Å². The Hall–Kier alpha value is -3.05. The third-order valence-corrected chi connectivity index (χ3v) is 7.11. The average molecular weight is 480 g/mol. The summed E-state index contributed by atoms with van der Waals surface area (Å²) in [6, 6.07) is 11.8. The first-order valence-corrected chi connectivity index (χ1v) is 12.4. The maximum atomic E-state index is 12.2. The Morgan fingerprint density at radius 2 is 1.97 bits per heavy atom. The summed E-state index contributed by atoms with van der Waals surface area (Å²) in [7, 11) is 0. The molecule has 9 nitrogen and oxygen atoms in total. The molecule has 2 aliphatic rings. The zero-order valence-electron chi connectivity index (χ0n) is 19.0. The fourth-order valence-corrected chi connectivity index (χ4v) is 5.26. The van der Waals surface area contributed by atoms with Gasteiger partial charge in [-0.05, 0) is 35.9 Å². The van der Waals surface area contributed by atoms with E-state index in [4.69, 9.17) is 15.5 Å². The van der Waals surface area contributed by atoms with Crippen molar-refractivity contribution in [3.8, 4) is 10.4 Å². The number of thiophene rings is 1. The van der Waals surface area contributed by atoms with Crippen LogP contribution < -0.4 is 21.3 Å². The van der Waals surface area contributed by atoms with Crippen molar-refractivity contribution in [3.63, 3.8) is 0 Å². The second kappa shape index (κ2) is 10.5. The first-order chi connectivity index (χ1) is 16.7. The van der Waals surface area contributed by atoms with Crippen LogP contribution in [0, 0.1) is 0 Å². The van der Waals surface area contributed by atoms with E-state index >= 15 is 0 Å². The van der Waals surface area contributed by atoms with E-state index < -0.39 is 5.91 Å². The van der Waals surface area contributed by atoms with Gasteiger partial charge in [-0.15, -0.1) is 11.3 Å². The number of hydrogen-bond donors (Lipinski definition) is 3. The smallest absolute Gasteiger partial charge is 0.251 e. The SMILES string of the molecule is NC(=O)c1cc(-c2ccnc(N3CCNCC3)c2)sc1Nc1cccc(CN2CCOCC2)n1. The predicted molar refractivity (Wildman–Crippen MR) is 135 cm³/mol. The number of hydrogen-bond acceptors (Lipinski definition) is 9. The van der Waals surface area contributed by atoms with E-state index in [0.717, 1.165) is 81.0 Å². The monoisotopic (exact) mass is 479 g/mol. The summed E-state index contributed by atoms with van der Waals surface area (Å²) >= 11 is 1.50. The molecule has 2 aliphatic heterocycles. The number of morpholine rings is 1. The van der Waals surface area contributed by atoms with Crippen LogP contribution >= 0.6 is 11.3 Å². The first-order valence-electron chi connectivity index (χ1n) is 11.5. The number of nitrogens with zero attached hydrogens (tertiary/aromatic N) is 4. The maximum Gasteiger partial charge on any atom is 0.251 e. The van der Waals surface area contributed by atoms with Gasteiger partial charge in [0.25, 0.3) is 5.91 Å². The molecule has 2 fully saturated rings. The van der Waals surface area contributed by atoms with Crippen LogP contribution in [0.25, 0.3) is 10.4 Å². The van der Waals surface area contributed by atoms with Crippen molar-refractivity contribution in [1.29, 1.82) is 0 Å². The summed E-state index contributed by atoms with van der Waals surface area (Å²) in [4.78, 5) is 27.1. The van der Waals surface area contributed by atoms with Crippen LogP contribution in [-0.4, -0.2) is 73.3 Å². The highest BCUT2D eigenvalue weighted by molar-refractivity contribution is 7.19. The van der Waals surface area contributed by atoms with Crippen molar-refractivity contribution in [2.24, 2.45) is 5.73 Å². The van der Waals surface area contributed by atoms with Gasteiger partial charge >= 0.3 is 0 Å². The molecule has 178 valence electrons. The molecule has 10 heteroatoms. The molecular formula is C24H29N7O2S. The van der Waals surface area contributed by atoms with Gasteiger partial charge < -0.3 is 26.0 Å². The summed E-state index contributed by atoms with van der Waals surface area (Å²) in [6.45, 7) is 7.82. The Bertz CT molecular complexity index is 1140. The van der Waals surface area contributed by atoms with Crippen LogP contribution in [0.3, 0.4) is 0 Å². The summed E-state index contributed by atoms with van der Waals surface area (Å²) in [6.07, 6.45) is 1.82. The number of ether oxygens (including phenoxy) is 1. The Kier molecular flexibility index (Phi) is 7.00. The lowest BCUT2D eigenvalue weighted by Crippen LogP contribution is -2.43. The quantitative estimate of drug-likeness (QED) is 0.474. The number of rotatable bonds is 7. The maximum absolute atomic E-state index is 12.2. The molecule has 4 N–H and O–H groups in total. The number of piperazine rings is 1. The lowest BCUT2D eigenvalue weighted by Gasteiger charge is -2.28. The van der Waals surface area contributed by atoms with Gasteiger partial charge in [-0.3, -0.25) is 9.69 Å². The second-order valence-corrected chi connectivity index (χ2v) is 9.44. The Labute approximate surface area is 202 Å². The van der Waals surface area contributed by atoms with Crippen LogP contribution in [0.5, 0.6) is 0 Å². The number of pyridine rings is 2. The topological polar surface area (TPSA) is 109 Å². The molecule has 3 aromatic heterocycles. The Morgan fingerprint density at radius 1 is 1.15 bits per heavy atom. The Balaban J connectivity index is 1.37. The predicted octanol–water partition coefficient (Wildman–Crippen LogP) is 2.29. The summed E-state index contributed by atoms with van der Waals surface area (Å²) < 4.78 is 5.43. The minimum absolute atomic E-state index is 0.459. The lowest BCUT2D eigenvalue weighted by molar-refractivity contribution is 0.0337. The molecule has 0 spiro atoms. The normalized spacial score (nSPS) is 17.0. The van der Waals surface area contributed by atoms with E-state index in [2.05, 4.69) is 31.5 Å². The molecule has 5 heterocycles. The molecule has 2 saturated heterocycles. The van der Waals surface area contributed by atoms with Crippen molar-refractivity contribution in [2.45, 2.75) is 6.54 Å². The standard InChI is InChI=1S/C24H29N7O2S/c25-23(32)19-15-20(17-4-5-27-22(14-17)31-8-6-26-7-9-31)34-24(19)29-21-3-1-2-18(28-21)16-30-10-12-33-13-11-30/h1-5,14-15,26H,6-13,16H2,(H2,25,32)(H,28,29). The molecule has 0 radical (unpaired) electrons. The third kappa shape index (κ3) is 5.36. The molecule has 5 rings (SSSR count). The van der Waals surface area contributed by atoms with Crippen molar-refractivity contribution in [3.05, 3.63) is 53.9 Å². The molecule has 0 unspecified atom stereocenters. The molecule has 34 heavy (non-hydrogen) atoms.